The first-order chi connectivity index (χ1) is 12.5. The van der Waals surface area contributed by atoms with E-state index in [4.69, 9.17) is 0 Å². The average molecular weight is 355 g/mol. The Kier molecular flexibility index (Phi) is 5.35. The second kappa shape index (κ2) is 7.68. The molecule has 1 fully saturated rings. The van der Waals surface area contributed by atoms with Crippen molar-refractivity contribution >= 4 is 11.8 Å². The van der Waals surface area contributed by atoms with Gasteiger partial charge in [-0.3, -0.25) is 14.7 Å². The highest BCUT2D eigenvalue weighted by Crippen LogP contribution is 2.17. The monoisotopic (exact) mass is 355 g/mol. The van der Waals surface area contributed by atoms with E-state index in [0.29, 0.717) is 37.6 Å². The van der Waals surface area contributed by atoms with Crippen LogP contribution in [0.4, 0.5) is 0 Å². The van der Waals surface area contributed by atoms with Crippen LogP contribution in [0.25, 0.3) is 11.4 Å². The fourth-order valence-electron chi connectivity index (χ4n) is 3.02. The predicted molar refractivity (Wildman–Crippen MR) is 98.5 cm³/mol. The van der Waals surface area contributed by atoms with Gasteiger partial charge in [0.15, 0.2) is 5.82 Å². The zero-order chi connectivity index (χ0) is 18.7. The molecular weight excluding hydrogens is 330 g/mol. The Morgan fingerprint density at radius 3 is 2.23 bits per heavy atom. The van der Waals surface area contributed by atoms with Crippen molar-refractivity contribution in [1.29, 1.82) is 0 Å². The van der Waals surface area contributed by atoms with Crippen molar-refractivity contribution in [2.75, 3.05) is 26.2 Å². The number of carbonyl (C=O) groups is 2. The van der Waals surface area contributed by atoms with Crippen LogP contribution in [-0.2, 0) is 11.2 Å². The molecule has 1 aliphatic rings. The molecule has 7 nitrogen and oxygen atoms in total. The normalized spacial score (nSPS) is 14.8. The molecule has 1 aromatic carbocycles. The Bertz CT molecular complexity index is 773. The molecule has 26 heavy (non-hydrogen) atoms. The van der Waals surface area contributed by atoms with Gasteiger partial charge in [-0.05, 0) is 12.1 Å². The summed E-state index contributed by atoms with van der Waals surface area (Å²) in [6.45, 7) is 8.15. The molecule has 7 heteroatoms. The highest BCUT2D eigenvalue weighted by atomic mass is 16.2. The molecule has 2 amide bonds. The molecule has 0 bridgehead atoms. The third-order valence-corrected chi connectivity index (χ3v) is 4.63. The second-order valence-electron chi connectivity index (χ2n) is 6.81. The van der Waals surface area contributed by atoms with Gasteiger partial charge in [-0.1, -0.05) is 32.9 Å². The first kappa shape index (κ1) is 18.1. The van der Waals surface area contributed by atoms with Gasteiger partial charge in [0.05, 0.1) is 0 Å². The number of nitrogens with one attached hydrogen (secondary N) is 1. The molecule has 1 aromatic heterocycles. The number of carbonyl (C=O) groups excluding carboxylic acids is 2. The van der Waals surface area contributed by atoms with Crippen LogP contribution in [0, 0.1) is 5.92 Å². The van der Waals surface area contributed by atoms with E-state index in [9.17, 15) is 9.59 Å². The Balaban J connectivity index is 1.63. The molecule has 0 atom stereocenters. The van der Waals surface area contributed by atoms with Gasteiger partial charge < -0.3 is 9.80 Å². The summed E-state index contributed by atoms with van der Waals surface area (Å²) in [5.74, 6) is 1.63. The molecule has 1 saturated heterocycles. The van der Waals surface area contributed by atoms with E-state index in [1.807, 2.05) is 49.9 Å². The van der Waals surface area contributed by atoms with Gasteiger partial charge >= 0.3 is 0 Å². The number of benzene rings is 1. The number of aryl methyl sites for hydroxylation is 1. The lowest BCUT2D eigenvalue weighted by Crippen LogP contribution is -2.51. The minimum absolute atomic E-state index is 0.00238. The highest BCUT2D eigenvalue weighted by Gasteiger charge is 2.25. The van der Waals surface area contributed by atoms with Crippen molar-refractivity contribution in [3.63, 3.8) is 0 Å². The van der Waals surface area contributed by atoms with Crippen molar-refractivity contribution in [2.24, 2.45) is 5.92 Å². The van der Waals surface area contributed by atoms with Gasteiger partial charge in [0.2, 0.25) is 5.91 Å². The second-order valence-corrected chi connectivity index (χ2v) is 6.81. The van der Waals surface area contributed by atoms with E-state index in [0.717, 1.165) is 17.8 Å². The van der Waals surface area contributed by atoms with Gasteiger partial charge in [0.1, 0.15) is 5.82 Å². The molecule has 2 heterocycles. The summed E-state index contributed by atoms with van der Waals surface area (Å²) < 4.78 is 0. The number of aromatic amines is 1. The number of nitrogens with zero attached hydrogens (tertiary/aromatic N) is 4. The Morgan fingerprint density at radius 1 is 1.08 bits per heavy atom. The molecule has 0 radical (unpaired) electrons. The zero-order valence-corrected chi connectivity index (χ0v) is 15.5. The third-order valence-electron chi connectivity index (χ3n) is 4.63. The fourth-order valence-corrected chi connectivity index (χ4v) is 3.02. The summed E-state index contributed by atoms with van der Waals surface area (Å²) in [6, 6.07) is 7.36. The number of hydrogen-bond acceptors (Lipinski definition) is 4. The van der Waals surface area contributed by atoms with Crippen LogP contribution >= 0.6 is 0 Å². The zero-order valence-electron chi connectivity index (χ0n) is 15.5. The quantitative estimate of drug-likeness (QED) is 0.909. The molecular formula is C19H25N5O2. The van der Waals surface area contributed by atoms with Crippen molar-refractivity contribution in [3.8, 4) is 11.4 Å². The van der Waals surface area contributed by atoms with E-state index >= 15 is 0 Å². The summed E-state index contributed by atoms with van der Waals surface area (Å²) in [5, 5.41) is 7.09. The van der Waals surface area contributed by atoms with Crippen LogP contribution in [0.1, 0.15) is 37.0 Å². The van der Waals surface area contributed by atoms with E-state index in [2.05, 4.69) is 15.2 Å². The molecule has 138 valence electrons. The van der Waals surface area contributed by atoms with E-state index in [1.54, 1.807) is 4.90 Å². The average Bonchev–Trinajstić information content (AvgIpc) is 3.16. The summed E-state index contributed by atoms with van der Waals surface area (Å²) in [6.07, 6.45) is 0.800. The van der Waals surface area contributed by atoms with Crippen LogP contribution in [0.2, 0.25) is 0 Å². The fraction of sp³-hybridized carbons (Fsp3) is 0.474. The SMILES string of the molecule is CCc1nc(-c2ccc(C(=O)N3CCN(C(=O)C(C)C)CC3)cc2)n[nH]1. The van der Waals surface area contributed by atoms with Crippen molar-refractivity contribution in [1.82, 2.24) is 25.0 Å². The molecule has 2 aromatic rings. The van der Waals surface area contributed by atoms with Crippen LogP contribution in [0.5, 0.6) is 0 Å². The topological polar surface area (TPSA) is 82.2 Å². The minimum atomic E-state index is -0.00586. The molecule has 0 aliphatic carbocycles. The molecule has 3 rings (SSSR count). The van der Waals surface area contributed by atoms with Crippen molar-refractivity contribution in [2.45, 2.75) is 27.2 Å². The van der Waals surface area contributed by atoms with Gasteiger partial charge in [0, 0.05) is 49.6 Å². The van der Waals surface area contributed by atoms with Crippen LogP contribution in [0.3, 0.4) is 0 Å². The van der Waals surface area contributed by atoms with E-state index in [1.165, 1.54) is 0 Å². The first-order valence-electron chi connectivity index (χ1n) is 9.09. The summed E-state index contributed by atoms with van der Waals surface area (Å²) >= 11 is 0. The predicted octanol–water partition coefficient (Wildman–Crippen LogP) is 1.97. The highest BCUT2D eigenvalue weighted by molar-refractivity contribution is 5.94. The third kappa shape index (κ3) is 3.76. The van der Waals surface area contributed by atoms with Gasteiger partial charge in [0.25, 0.3) is 5.91 Å². The number of piperazine rings is 1. The van der Waals surface area contributed by atoms with Gasteiger partial charge in [-0.25, -0.2) is 4.98 Å². The lowest BCUT2D eigenvalue weighted by atomic mass is 10.1. The lowest BCUT2D eigenvalue weighted by molar-refractivity contribution is -0.135. The maximum absolute atomic E-state index is 12.7. The standard InChI is InChI=1S/C19H25N5O2/c1-4-16-20-17(22-21-16)14-5-7-15(8-6-14)19(26)24-11-9-23(10-12-24)18(25)13(2)3/h5-8,13H,4,9-12H2,1-3H3,(H,20,21,22). The molecule has 1 N–H and O–H groups in total. The molecule has 1 aliphatic heterocycles. The summed E-state index contributed by atoms with van der Waals surface area (Å²) in [5.41, 5.74) is 1.52. The largest absolute Gasteiger partial charge is 0.339 e. The first-order valence-corrected chi connectivity index (χ1v) is 9.09. The van der Waals surface area contributed by atoms with Crippen LogP contribution in [-0.4, -0.2) is 63.0 Å². The summed E-state index contributed by atoms with van der Waals surface area (Å²) in [7, 11) is 0. The number of hydrogen-bond donors (Lipinski definition) is 1. The number of amides is 2. The molecule has 0 unspecified atom stereocenters. The maximum Gasteiger partial charge on any atom is 0.253 e. The van der Waals surface area contributed by atoms with E-state index in [-0.39, 0.29) is 17.7 Å². The molecule has 0 saturated carbocycles. The Hall–Kier alpha value is -2.70. The van der Waals surface area contributed by atoms with E-state index < -0.39 is 0 Å². The van der Waals surface area contributed by atoms with Crippen molar-refractivity contribution < 1.29 is 9.59 Å². The molecule has 0 spiro atoms. The van der Waals surface area contributed by atoms with Crippen LogP contribution < -0.4 is 0 Å². The number of aromatic nitrogens is 3. The van der Waals surface area contributed by atoms with Gasteiger partial charge in [-0.15, -0.1) is 0 Å². The van der Waals surface area contributed by atoms with Crippen LogP contribution in [0.15, 0.2) is 24.3 Å². The smallest absolute Gasteiger partial charge is 0.253 e. The Morgan fingerprint density at radius 2 is 1.69 bits per heavy atom. The minimum Gasteiger partial charge on any atom is -0.339 e. The summed E-state index contributed by atoms with van der Waals surface area (Å²) in [4.78, 5) is 32.8. The maximum atomic E-state index is 12.7. The number of rotatable bonds is 4. The lowest BCUT2D eigenvalue weighted by Gasteiger charge is -2.35. The van der Waals surface area contributed by atoms with Crippen molar-refractivity contribution in [3.05, 3.63) is 35.7 Å². The Labute approximate surface area is 153 Å². The number of H-pyrrole nitrogens is 1. The van der Waals surface area contributed by atoms with Gasteiger partial charge in [-0.2, -0.15) is 5.10 Å².